The first-order valence-corrected chi connectivity index (χ1v) is 6.85. The summed E-state index contributed by atoms with van der Waals surface area (Å²) in [6.07, 6.45) is 0. The highest BCUT2D eigenvalue weighted by molar-refractivity contribution is 6.31. The monoisotopic (exact) mass is 295 g/mol. The van der Waals surface area contributed by atoms with Gasteiger partial charge in [0.05, 0.1) is 11.1 Å². The highest BCUT2D eigenvalue weighted by Gasteiger charge is 2.19. The van der Waals surface area contributed by atoms with Gasteiger partial charge in [0.2, 0.25) is 0 Å². The summed E-state index contributed by atoms with van der Waals surface area (Å²) < 4.78 is 26.9. The summed E-state index contributed by atoms with van der Waals surface area (Å²) in [6.45, 7) is 4.48. The molecule has 1 N–H and O–H groups in total. The van der Waals surface area contributed by atoms with Crippen LogP contribution in [0.25, 0.3) is 0 Å². The number of halogens is 3. The maximum atomic E-state index is 13.6. The third-order valence-corrected chi connectivity index (χ3v) is 3.64. The molecule has 1 nitrogen and oxygen atoms in total. The van der Waals surface area contributed by atoms with Gasteiger partial charge in [0.1, 0.15) is 11.6 Å². The molecule has 0 spiro atoms. The molecular formula is C16H16ClF2N. The third-order valence-electron chi connectivity index (χ3n) is 3.24. The molecule has 2 aromatic carbocycles. The molecule has 0 fully saturated rings. The predicted molar refractivity (Wildman–Crippen MR) is 78.1 cm³/mol. The van der Waals surface area contributed by atoms with Crippen molar-refractivity contribution in [2.75, 3.05) is 6.54 Å². The van der Waals surface area contributed by atoms with Gasteiger partial charge in [-0.1, -0.05) is 36.7 Å². The zero-order chi connectivity index (χ0) is 14.7. The SMILES string of the molecule is CCNC(c1ccc(F)cc1C)c1cccc(F)c1Cl. The standard InChI is InChI=1S/C16H16ClF2N/c1-3-20-16(12-8-7-11(18)9-10(12)2)13-5-4-6-14(19)15(13)17/h4-9,16,20H,3H2,1-2H3. The Morgan fingerprint density at radius 3 is 2.55 bits per heavy atom. The van der Waals surface area contributed by atoms with Crippen LogP contribution in [0.1, 0.15) is 29.7 Å². The highest BCUT2D eigenvalue weighted by Crippen LogP contribution is 2.31. The first-order chi connectivity index (χ1) is 9.54. The lowest BCUT2D eigenvalue weighted by Gasteiger charge is -2.22. The molecule has 0 saturated carbocycles. The fourth-order valence-electron chi connectivity index (χ4n) is 2.30. The van der Waals surface area contributed by atoms with Crippen molar-refractivity contribution in [3.8, 4) is 0 Å². The summed E-state index contributed by atoms with van der Waals surface area (Å²) in [4.78, 5) is 0. The Morgan fingerprint density at radius 1 is 1.15 bits per heavy atom. The number of hydrogen-bond donors (Lipinski definition) is 1. The molecule has 0 aliphatic heterocycles. The van der Waals surface area contributed by atoms with Crippen LogP contribution in [0.15, 0.2) is 36.4 Å². The minimum Gasteiger partial charge on any atom is -0.306 e. The predicted octanol–water partition coefficient (Wildman–Crippen LogP) is 4.63. The van der Waals surface area contributed by atoms with E-state index in [-0.39, 0.29) is 16.9 Å². The van der Waals surface area contributed by atoms with Crippen LogP contribution in [-0.2, 0) is 0 Å². The van der Waals surface area contributed by atoms with Gasteiger partial charge < -0.3 is 5.32 Å². The second kappa shape index (κ2) is 6.33. The average molecular weight is 296 g/mol. The highest BCUT2D eigenvalue weighted by atomic mass is 35.5. The van der Waals surface area contributed by atoms with Crippen LogP contribution in [0, 0.1) is 18.6 Å². The zero-order valence-electron chi connectivity index (χ0n) is 11.4. The Balaban J connectivity index is 2.53. The molecule has 4 heteroatoms. The van der Waals surface area contributed by atoms with Gasteiger partial charge in [0.25, 0.3) is 0 Å². The van der Waals surface area contributed by atoms with E-state index >= 15 is 0 Å². The molecule has 0 radical (unpaired) electrons. The van der Waals surface area contributed by atoms with Gasteiger partial charge in [-0.2, -0.15) is 0 Å². The average Bonchev–Trinajstić information content (AvgIpc) is 2.40. The van der Waals surface area contributed by atoms with Crippen LogP contribution in [0.4, 0.5) is 8.78 Å². The summed E-state index contributed by atoms with van der Waals surface area (Å²) in [5.74, 6) is -0.737. The van der Waals surface area contributed by atoms with E-state index in [1.165, 1.54) is 18.2 Å². The Kier molecular flexibility index (Phi) is 4.73. The van der Waals surface area contributed by atoms with E-state index in [1.807, 2.05) is 13.8 Å². The third kappa shape index (κ3) is 3.00. The molecule has 2 rings (SSSR count). The summed E-state index contributed by atoms with van der Waals surface area (Å²) >= 11 is 6.07. The lowest BCUT2D eigenvalue weighted by Crippen LogP contribution is -2.23. The fourth-order valence-corrected chi connectivity index (χ4v) is 2.53. The largest absolute Gasteiger partial charge is 0.306 e. The van der Waals surface area contributed by atoms with Crippen molar-refractivity contribution in [3.63, 3.8) is 0 Å². The van der Waals surface area contributed by atoms with Crippen molar-refractivity contribution < 1.29 is 8.78 Å². The molecule has 106 valence electrons. The molecule has 0 heterocycles. The summed E-state index contributed by atoms with van der Waals surface area (Å²) in [6, 6.07) is 9.04. The number of nitrogens with one attached hydrogen (secondary N) is 1. The van der Waals surface area contributed by atoms with Gasteiger partial charge >= 0.3 is 0 Å². The van der Waals surface area contributed by atoms with Gasteiger partial charge in [0.15, 0.2) is 0 Å². The molecule has 0 amide bonds. The first kappa shape index (κ1) is 14.9. The lowest BCUT2D eigenvalue weighted by molar-refractivity contribution is 0.597. The van der Waals surface area contributed by atoms with Crippen LogP contribution >= 0.6 is 11.6 Å². The number of benzene rings is 2. The Labute approximate surface area is 122 Å². The molecule has 0 aliphatic carbocycles. The van der Waals surface area contributed by atoms with E-state index in [0.29, 0.717) is 12.1 Å². The summed E-state index contributed by atoms with van der Waals surface area (Å²) in [5.41, 5.74) is 2.35. The van der Waals surface area contributed by atoms with E-state index in [0.717, 1.165) is 11.1 Å². The summed E-state index contributed by atoms with van der Waals surface area (Å²) in [5, 5.41) is 3.37. The van der Waals surface area contributed by atoms with Crippen LogP contribution < -0.4 is 5.32 Å². The van der Waals surface area contributed by atoms with E-state index in [1.54, 1.807) is 18.2 Å². The van der Waals surface area contributed by atoms with Gasteiger partial charge in [-0.15, -0.1) is 0 Å². The second-order valence-electron chi connectivity index (χ2n) is 4.63. The van der Waals surface area contributed by atoms with Crippen LogP contribution in [-0.4, -0.2) is 6.54 Å². The number of hydrogen-bond acceptors (Lipinski definition) is 1. The molecule has 20 heavy (non-hydrogen) atoms. The molecule has 1 atom stereocenters. The Morgan fingerprint density at radius 2 is 1.90 bits per heavy atom. The van der Waals surface area contributed by atoms with Gasteiger partial charge in [-0.3, -0.25) is 0 Å². The van der Waals surface area contributed by atoms with E-state index < -0.39 is 5.82 Å². The van der Waals surface area contributed by atoms with Crippen LogP contribution in [0.2, 0.25) is 5.02 Å². The van der Waals surface area contributed by atoms with E-state index in [2.05, 4.69) is 5.32 Å². The van der Waals surface area contributed by atoms with Crippen molar-refractivity contribution in [3.05, 3.63) is 69.7 Å². The smallest absolute Gasteiger partial charge is 0.142 e. The maximum Gasteiger partial charge on any atom is 0.142 e. The fraction of sp³-hybridized carbons (Fsp3) is 0.250. The quantitative estimate of drug-likeness (QED) is 0.867. The van der Waals surface area contributed by atoms with Crippen molar-refractivity contribution in [2.24, 2.45) is 0 Å². The minimum atomic E-state index is -0.452. The van der Waals surface area contributed by atoms with E-state index in [4.69, 9.17) is 11.6 Å². The van der Waals surface area contributed by atoms with Gasteiger partial charge in [0, 0.05) is 0 Å². The lowest BCUT2D eigenvalue weighted by atomic mass is 9.94. The molecular weight excluding hydrogens is 280 g/mol. The van der Waals surface area contributed by atoms with Crippen molar-refractivity contribution in [1.29, 1.82) is 0 Å². The van der Waals surface area contributed by atoms with Crippen LogP contribution in [0.3, 0.4) is 0 Å². The molecule has 1 unspecified atom stereocenters. The Hall–Kier alpha value is -1.45. The Bertz CT molecular complexity index is 613. The molecule has 0 aliphatic rings. The van der Waals surface area contributed by atoms with Gasteiger partial charge in [-0.05, 0) is 48.4 Å². The molecule has 0 saturated heterocycles. The normalized spacial score (nSPS) is 12.4. The van der Waals surface area contributed by atoms with Crippen molar-refractivity contribution >= 4 is 11.6 Å². The first-order valence-electron chi connectivity index (χ1n) is 6.48. The number of aryl methyl sites for hydroxylation is 1. The second-order valence-corrected chi connectivity index (χ2v) is 5.01. The molecule has 2 aromatic rings. The van der Waals surface area contributed by atoms with Gasteiger partial charge in [-0.25, -0.2) is 8.78 Å². The number of rotatable bonds is 4. The van der Waals surface area contributed by atoms with Crippen molar-refractivity contribution in [1.82, 2.24) is 5.32 Å². The maximum absolute atomic E-state index is 13.6. The molecule has 0 aromatic heterocycles. The zero-order valence-corrected chi connectivity index (χ0v) is 12.1. The topological polar surface area (TPSA) is 12.0 Å². The van der Waals surface area contributed by atoms with Crippen molar-refractivity contribution in [2.45, 2.75) is 19.9 Å². The molecule has 0 bridgehead atoms. The summed E-state index contributed by atoms with van der Waals surface area (Å²) in [7, 11) is 0. The minimum absolute atomic E-state index is 0.0992. The van der Waals surface area contributed by atoms with Crippen LogP contribution in [0.5, 0.6) is 0 Å². The van der Waals surface area contributed by atoms with E-state index in [9.17, 15) is 8.78 Å².